The predicted octanol–water partition coefficient (Wildman–Crippen LogP) is 6.03. The highest BCUT2D eigenvalue weighted by Crippen LogP contribution is 2.23. The van der Waals surface area contributed by atoms with Gasteiger partial charge in [-0.05, 0) is 66.3 Å². The molecule has 48 heavy (non-hydrogen) atoms. The molecule has 0 aromatic heterocycles. The van der Waals surface area contributed by atoms with Gasteiger partial charge in [0.25, 0.3) is 0 Å². The Labute approximate surface area is 295 Å². The molecule has 0 bridgehead atoms. The van der Waals surface area contributed by atoms with Crippen LogP contribution in [-0.4, -0.2) is 88.3 Å². The summed E-state index contributed by atoms with van der Waals surface area (Å²) in [6, 6.07) is 24.8. The molecule has 260 valence electrons. The number of carbonyl (C=O) groups is 2. The van der Waals surface area contributed by atoms with Gasteiger partial charge in [-0.15, -0.1) is 0 Å². The van der Waals surface area contributed by atoms with Crippen molar-refractivity contribution in [1.82, 2.24) is 15.5 Å². The number of hydrogen-bond donors (Lipinski definition) is 2. The molecular formula is C38H52N4O4S2. The minimum atomic E-state index is -0.143. The molecule has 10 heteroatoms. The van der Waals surface area contributed by atoms with E-state index in [1.807, 2.05) is 36.0 Å². The van der Waals surface area contributed by atoms with E-state index in [1.165, 1.54) is 27.3 Å². The Balaban J connectivity index is 1.20. The molecular weight excluding hydrogens is 641 g/mol. The third-order valence-corrected chi connectivity index (χ3v) is 10.4. The van der Waals surface area contributed by atoms with Gasteiger partial charge in [-0.1, -0.05) is 48.9 Å². The molecule has 0 saturated carbocycles. The second-order valence-corrected chi connectivity index (χ2v) is 14.1. The number of ether oxygens (including phenoxy) is 2. The number of nitrogens with zero attached hydrogens (tertiary/aromatic N) is 2. The van der Waals surface area contributed by atoms with Gasteiger partial charge in [0.15, 0.2) is 0 Å². The number of amides is 2. The molecule has 0 spiro atoms. The van der Waals surface area contributed by atoms with Crippen molar-refractivity contribution in [2.45, 2.75) is 43.6 Å². The van der Waals surface area contributed by atoms with Crippen molar-refractivity contribution in [1.29, 1.82) is 0 Å². The largest absolute Gasteiger partial charge is 0.497 e. The molecule has 0 radical (unpaired) electrons. The van der Waals surface area contributed by atoms with Gasteiger partial charge in [0.1, 0.15) is 11.5 Å². The lowest BCUT2D eigenvalue weighted by molar-refractivity contribution is -0.144. The summed E-state index contributed by atoms with van der Waals surface area (Å²) < 4.78 is 10.5. The number of rotatable bonds is 21. The van der Waals surface area contributed by atoms with Crippen LogP contribution in [0.4, 0.5) is 5.69 Å². The normalized spacial score (nSPS) is 12.9. The summed E-state index contributed by atoms with van der Waals surface area (Å²) in [4.78, 5) is 30.6. The zero-order chi connectivity index (χ0) is 33.8. The van der Waals surface area contributed by atoms with E-state index in [0.717, 1.165) is 80.6 Å². The fourth-order valence-corrected chi connectivity index (χ4v) is 7.39. The highest BCUT2D eigenvalue weighted by molar-refractivity contribution is 7.98. The van der Waals surface area contributed by atoms with Gasteiger partial charge in [-0.3, -0.25) is 14.5 Å². The Morgan fingerprint density at radius 3 is 2.06 bits per heavy atom. The van der Waals surface area contributed by atoms with Crippen molar-refractivity contribution in [3.63, 3.8) is 0 Å². The molecule has 0 aliphatic carbocycles. The average Bonchev–Trinajstić information content (AvgIpc) is 3.13. The van der Waals surface area contributed by atoms with Gasteiger partial charge in [-0.25, -0.2) is 0 Å². The first-order chi connectivity index (χ1) is 23.6. The highest BCUT2D eigenvalue weighted by atomic mass is 32.2. The molecule has 1 saturated heterocycles. The molecule has 0 atom stereocenters. The standard InChI is InChI=1S/C38H52N4O4S2/c1-45-34-16-12-31(13-17-34)29-47-26-22-40-28-38(44)42(25-27-48-30-32-14-18-35(46-2)19-15-32)37(43)11-5-3-4-8-33-9-6-7-10-36(33)41-23-20-39-21-24-41/h6-7,9-10,12-19,39-40H,3-5,8,11,20-30H2,1-2H3. The minimum Gasteiger partial charge on any atom is -0.497 e. The van der Waals surface area contributed by atoms with Crippen LogP contribution in [0.1, 0.15) is 42.4 Å². The number of anilines is 1. The highest BCUT2D eigenvalue weighted by Gasteiger charge is 2.20. The maximum Gasteiger partial charge on any atom is 0.243 e. The van der Waals surface area contributed by atoms with E-state index in [9.17, 15) is 9.59 Å². The van der Waals surface area contributed by atoms with Crippen LogP contribution < -0.4 is 25.0 Å². The Hall–Kier alpha value is -3.18. The van der Waals surface area contributed by atoms with Gasteiger partial charge >= 0.3 is 0 Å². The predicted molar refractivity (Wildman–Crippen MR) is 202 cm³/mol. The SMILES string of the molecule is COc1ccc(CSCCNCC(=O)N(CCSCc2ccc(OC)cc2)C(=O)CCCCCc2ccccc2N2CCNCC2)cc1. The van der Waals surface area contributed by atoms with Crippen LogP contribution in [0.25, 0.3) is 0 Å². The first-order valence-electron chi connectivity index (χ1n) is 17.1. The van der Waals surface area contributed by atoms with Crippen LogP contribution in [-0.2, 0) is 27.5 Å². The molecule has 1 heterocycles. The van der Waals surface area contributed by atoms with Crippen LogP contribution in [0.5, 0.6) is 11.5 Å². The first kappa shape index (κ1) is 37.6. The Morgan fingerprint density at radius 2 is 1.42 bits per heavy atom. The molecule has 8 nitrogen and oxygen atoms in total. The average molecular weight is 693 g/mol. The number of para-hydroxylation sites is 1. The molecule has 2 N–H and O–H groups in total. The lowest BCUT2D eigenvalue weighted by Gasteiger charge is -2.31. The van der Waals surface area contributed by atoms with E-state index < -0.39 is 0 Å². The number of carbonyl (C=O) groups excluding carboxylic acids is 2. The number of unbranched alkanes of at least 4 members (excludes halogenated alkanes) is 2. The number of imide groups is 1. The van der Waals surface area contributed by atoms with E-state index >= 15 is 0 Å². The number of hydrogen-bond acceptors (Lipinski definition) is 9. The maximum absolute atomic E-state index is 13.4. The van der Waals surface area contributed by atoms with Gasteiger partial charge in [-0.2, -0.15) is 23.5 Å². The molecule has 0 unspecified atom stereocenters. The fourth-order valence-electron chi connectivity index (χ4n) is 5.64. The van der Waals surface area contributed by atoms with Gasteiger partial charge in [0.2, 0.25) is 11.8 Å². The topological polar surface area (TPSA) is 83.1 Å². The summed E-state index contributed by atoms with van der Waals surface area (Å²) in [5.41, 5.74) is 5.15. The van der Waals surface area contributed by atoms with Crippen molar-refractivity contribution >= 4 is 41.0 Å². The number of benzene rings is 3. The van der Waals surface area contributed by atoms with Crippen LogP contribution in [0, 0.1) is 0 Å². The Morgan fingerprint density at radius 1 is 0.792 bits per heavy atom. The zero-order valence-electron chi connectivity index (χ0n) is 28.6. The number of piperazine rings is 1. The minimum absolute atomic E-state index is 0.0676. The lowest BCUT2D eigenvalue weighted by Crippen LogP contribution is -2.43. The van der Waals surface area contributed by atoms with Crippen LogP contribution >= 0.6 is 23.5 Å². The summed E-state index contributed by atoms with van der Waals surface area (Å²) in [6.07, 6.45) is 4.16. The van der Waals surface area contributed by atoms with Crippen molar-refractivity contribution in [3.8, 4) is 11.5 Å². The summed E-state index contributed by atoms with van der Waals surface area (Å²) >= 11 is 3.55. The zero-order valence-corrected chi connectivity index (χ0v) is 30.2. The maximum atomic E-state index is 13.4. The first-order valence-corrected chi connectivity index (χ1v) is 19.4. The van der Waals surface area contributed by atoms with E-state index in [0.29, 0.717) is 25.3 Å². The number of thioether (sulfide) groups is 2. The molecule has 1 fully saturated rings. The number of methoxy groups -OCH3 is 2. The summed E-state index contributed by atoms with van der Waals surface area (Å²) in [5.74, 6) is 4.77. The van der Waals surface area contributed by atoms with Crippen LogP contribution in [0.3, 0.4) is 0 Å². The van der Waals surface area contributed by atoms with Crippen molar-refractivity contribution in [3.05, 3.63) is 89.5 Å². The smallest absolute Gasteiger partial charge is 0.243 e. The van der Waals surface area contributed by atoms with E-state index in [4.69, 9.17) is 9.47 Å². The van der Waals surface area contributed by atoms with E-state index in [1.54, 1.807) is 26.0 Å². The van der Waals surface area contributed by atoms with Gasteiger partial charge in [0, 0.05) is 74.4 Å². The second kappa shape index (κ2) is 21.7. The van der Waals surface area contributed by atoms with Crippen molar-refractivity contribution in [2.75, 3.05) is 76.4 Å². The fraction of sp³-hybridized carbons (Fsp3) is 0.474. The summed E-state index contributed by atoms with van der Waals surface area (Å²) in [6.45, 7) is 5.40. The van der Waals surface area contributed by atoms with E-state index in [-0.39, 0.29) is 18.4 Å². The molecule has 1 aliphatic rings. The van der Waals surface area contributed by atoms with Gasteiger partial charge < -0.3 is 25.0 Å². The lowest BCUT2D eigenvalue weighted by atomic mass is 10.0. The summed E-state index contributed by atoms with van der Waals surface area (Å²) in [5, 5.41) is 6.70. The molecule has 2 amide bonds. The summed E-state index contributed by atoms with van der Waals surface area (Å²) in [7, 11) is 3.33. The van der Waals surface area contributed by atoms with Crippen molar-refractivity contribution in [2.24, 2.45) is 0 Å². The molecule has 3 aromatic carbocycles. The van der Waals surface area contributed by atoms with Crippen molar-refractivity contribution < 1.29 is 19.1 Å². The van der Waals surface area contributed by atoms with Crippen LogP contribution in [0.2, 0.25) is 0 Å². The third kappa shape index (κ3) is 13.0. The van der Waals surface area contributed by atoms with Gasteiger partial charge in [0.05, 0.1) is 20.8 Å². The van der Waals surface area contributed by atoms with Crippen LogP contribution in [0.15, 0.2) is 72.8 Å². The third-order valence-electron chi connectivity index (χ3n) is 8.40. The number of aryl methyl sites for hydroxylation is 1. The second-order valence-electron chi connectivity index (χ2n) is 11.8. The molecule has 3 aromatic rings. The molecule has 1 aliphatic heterocycles. The molecule has 4 rings (SSSR count). The Bertz CT molecular complexity index is 1370. The quantitative estimate of drug-likeness (QED) is 0.130. The number of nitrogens with one attached hydrogen (secondary N) is 2. The van der Waals surface area contributed by atoms with E-state index in [2.05, 4.69) is 64.1 Å². The monoisotopic (exact) mass is 692 g/mol. The Kier molecular flexibility index (Phi) is 17.0.